The molecule has 0 aromatic carbocycles. The van der Waals surface area contributed by atoms with E-state index >= 15 is 0 Å². The van der Waals surface area contributed by atoms with Gasteiger partial charge in [0.2, 0.25) is 0 Å². The zero-order valence-electron chi connectivity index (χ0n) is 6.24. The second kappa shape index (κ2) is 6.22. The summed E-state index contributed by atoms with van der Waals surface area (Å²) < 4.78 is 0. The van der Waals surface area contributed by atoms with E-state index in [4.69, 9.17) is 10.8 Å². The van der Waals surface area contributed by atoms with Crippen LogP contribution in [0.1, 0.15) is 12.8 Å². The van der Waals surface area contributed by atoms with E-state index in [0.29, 0.717) is 0 Å². The largest absolute Gasteiger partial charge is 1.00 e. The van der Waals surface area contributed by atoms with Gasteiger partial charge in [-0.3, -0.25) is 4.79 Å². The van der Waals surface area contributed by atoms with Gasteiger partial charge in [-0.1, -0.05) is 0 Å². The molecule has 0 spiro atoms. The van der Waals surface area contributed by atoms with Crippen LogP contribution in [0, 0.1) is 0 Å². The molecule has 0 saturated heterocycles. The van der Waals surface area contributed by atoms with Gasteiger partial charge in [-0.25, -0.2) is 0 Å². The first-order valence-corrected chi connectivity index (χ1v) is 2.72. The number of nitrogens with two attached hydrogens (primary N) is 1. The Labute approximate surface area is 75.7 Å². The monoisotopic (exact) mass is 153 g/mol. The summed E-state index contributed by atoms with van der Waals surface area (Å²) in [6.07, 6.45) is -0.327. The summed E-state index contributed by atoms with van der Waals surface area (Å²) in [7, 11) is 0. The van der Waals surface area contributed by atoms with E-state index < -0.39 is 18.0 Å². The van der Waals surface area contributed by atoms with Crippen LogP contribution in [0.15, 0.2) is 0 Å². The van der Waals surface area contributed by atoms with Crippen LogP contribution >= 0.6 is 0 Å². The number of carboxylic acid groups (broad SMARTS) is 2. The molecule has 11 heavy (non-hydrogen) atoms. The molecule has 0 aliphatic heterocycles. The zero-order valence-corrected chi connectivity index (χ0v) is 6.24. The van der Waals surface area contributed by atoms with E-state index in [-0.39, 0.29) is 31.7 Å². The fourth-order valence-electron chi connectivity index (χ4n) is 0.397. The summed E-state index contributed by atoms with van der Waals surface area (Å²) in [4.78, 5) is 19.7. The predicted molar refractivity (Wildman–Crippen MR) is 29.9 cm³/mol. The second-order valence-electron chi connectivity index (χ2n) is 1.86. The molecule has 0 rings (SSSR count). The molecule has 0 aliphatic carbocycles. The van der Waals surface area contributed by atoms with Gasteiger partial charge in [-0.15, -0.1) is 0 Å². The Morgan fingerprint density at radius 3 is 2.27 bits per heavy atom. The van der Waals surface area contributed by atoms with Gasteiger partial charge in [0.25, 0.3) is 0 Å². The molecule has 0 unspecified atom stereocenters. The third kappa shape index (κ3) is 7.39. The molecule has 0 aromatic heterocycles. The average Bonchev–Trinajstić information content (AvgIpc) is 1.82. The first-order valence-electron chi connectivity index (χ1n) is 2.72. The Morgan fingerprint density at radius 2 is 2.00 bits per heavy atom. The van der Waals surface area contributed by atoms with Crippen LogP contribution in [0.4, 0.5) is 0 Å². The normalized spacial score (nSPS) is 11.4. The molecular formula is C5H8LiNO4. The molecule has 0 aromatic rings. The van der Waals surface area contributed by atoms with Gasteiger partial charge in [-0.2, -0.15) is 0 Å². The van der Waals surface area contributed by atoms with Crippen molar-refractivity contribution in [1.82, 2.24) is 0 Å². The number of rotatable bonds is 4. The van der Waals surface area contributed by atoms with Crippen LogP contribution < -0.4 is 29.7 Å². The molecule has 0 saturated carbocycles. The van der Waals surface area contributed by atoms with E-state index in [2.05, 4.69) is 0 Å². The first-order chi connectivity index (χ1) is 4.54. The average molecular weight is 153 g/mol. The van der Waals surface area contributed by atoms with Crippen LogP contribution in [0.3, 0.4) is 0 Å². The quantitative estimate of drug-likeness (QED) is 0.393. The second-order valence-corrected chi connectivity index (χ2v) is 1.86. The van der Waals surface area contributed by atoms with Crippen molar-refractivity contribution >= 4 is 11.9 Å². The van der Waals surface area contributed by atoms with E-state index in [1.165, 1.54) is 0 Å². The fourth-order valence-corrected chi connectivity index (χ4v) is 0.397. The van der Waals surface area contributed by atoms with Crippen LogP contribution in [-0.4, -0.2) is 23.1 Å². The third-order valence-electron chi connectivity index (χ3n) is 0.972. The Hall–Kier alpha value is -0.503. The molecule has 0 aliphatic rings. The first kappa shape index (κ1) is 13.1. The predicted octanol–water partition coefficient (Wildman–Crippen LogP) is -5.07. The van der Waals surface area contributed by atoms with Crippen LogP contribution in [0.2, 0.25) is 0 Å². The molecule has 6 heteroatoms. The van der Waals surface area contributed by atoms with Gasteiger partial charge in [0, 0.05) is 12.5 Å². The van der Waals surface area contributed by atoms with Crippen LogP contribution in [0.5, 0.6) is 0 Å². The van der Waals surface area contributed by atoms with Crippen molar-refractivity contribution in [2.75, 3.05) is 0 Å². The summed E-state index contributed by atoms with van der Waals surface area (Å²) in [6.45, 7) is 0. The molecule has 0 heterocycles. The smallest absolute Gasteiger partial charge is 0.548 e. The van der Waals surface area contributed by atoms with Gasteiger partial charge in [-0.05, 0) is 6.42 Å². The summed E-state index contributed by atoms with van der Waals surface area (Å²) in [5, 5.41) is 18.0. The number of hydrogen-bond acceptors (Lipinski definition) is 4. The van der Waals surface area contributed by atoms with Crippen LogP contribution in [0.25, 0.3) is 0 Å². The Kier molecular flexibility index (Phi) is 7.42. The molecule has 1 atom stereocenters. The van der Waals surface area contributed by atoms with Crippen molar-refractivity contribution < 1.29 is 38.7 Å². The minimum atomic E-state index is -1.42. The molecule has 0 amide bonds. The van der Waals surface area contributed by atoms with Crippen molar-refractivity contribution in [1.29, 1.82) is 0 Å². The maximum atomic E-state index is 9.88. The van der Waals surface area contributed by atoms with Crippen molar-refractivity contribution in [3.8, 4) is 0 Å². The topological polar surface area (TPSA) is 103 Å². The van der Waals surface area contributed by atoms with Crippen molar-refractivity contribution in [3.63, 3.8) is 0 Å². The number of hydrogen-bond donors (Lipinski definition) is 2. The molecule has 0 fully saturated rings. The van der Waals surface area contributed by atoms with Gasteiger partial charge in [0.1, 0.15) is 0 Å². The van der Waals surface area contributed by atoms with Crippen molar-refractivity contribution in [3.05, 3.63) is 0 Å². The number of carboxylic acids is 2. The minimum absolute atomic E-state index is 0. The Morgan fingerprint density at radius 1 is 1.55 bits per heavy atom. The maximum Gasteiger partial charge on any atom is 1.00 e. The molecule has 0 radical (unpaired) electrons. The van der Waals surface area contributed by atoms with Crippen molar-refractivity contribution in [2.45, 2.75) is 18.9 Å². The third-order valence-corrected chi connectivity index (χ3v) is 0.972. The van der Waals surface area contributed by atoms with E-state index in [1.807, 2.05) is 0 Å². The summed E-state index contributed by atoms with van der Waals surface area (Å²) in [5.74, 6) is -2.47. The standard InChI is InChI=1S/C5H9NO4.Li/c6-3(5(9)10)1-2-4(7)8;/h3H,1-2,6H2,(H,7,8)(H,9,10);/q;+1/p-1/t3-;/m1./s1. The maximum absolute atomic E-state index is 9.88. The summed E-state index contributed by atoms with van der Waals surface area (Å²) >= 11 is 0. The number of carbonyl (C=O) groups excluding carboxylic acids is 1. The SMILES string of the molecule is N[C@H](CCC(=O)O)C(=O)[O-].[Li+]. The van der Waals surface area contributed by atoms with Gasteiger partial charge in [0.05, 0.1) is 5.97 Å². The van der Waals surface area contributed by atoms with E-state index in [0.717, 1.165) is 0 Å². The molecule has 5 nitrogen and oxygen atoms in total. The van der Waals surface area contributed by atoms with E-state index in [9.17, 15) is 14.7 Å². The molecule has 0 bridgehead atoms. The number of carbonyl (C=O) groups is 2. The van der Waals surface area contributed by atoms with E-state index in [1.54, 1.807) is 0 Å². The molecular weight excluding hydrogens is 145 g/mol. The Balaban J connectivity index is 0. The zero-order chi connectivity index (χ0) is 8.15. The summed E-state index contributed by atoms with van der Waals surface area (Å²) in [6, 6.07) is -1.17. The van der Waals surface area contributed by atoms with Gasteiger partial charge >= 0.3 is 24.8 Å². The fraction of sp³-hybridized carbons (Fsp3) is 0.600. The Bertz CT molecular complexity index is 149. The van der Waals surface area contributed by atoms with Crippen molar-refractivity contribution in [2.24, 2.45) is 5.73 Å². The minimum Gasteiger partial charge on any atom is -0.548 e. The van der Waals surface area contributed by atoms with Gasteiger partial charge < -0.3 is 20.7 Å². The molecule has 3 N–H and O–H groups in total. The molecule has 58 valence electrons. The number of aliphatic carboxylic acids is 2. The summed E-state index contributed by atoms with van der Waals surface area (Å²) in [5.41, 5.74) is 4.94. The van der Waals surface area contributed by atoms with Crippen LogP contribution in [-0.2, 0) is 9.59 Å². The van der Waals surface area contributed by atoms with Gasteiger partial charge in [0.15, 0.2) is 0 Å².